The van der Waals surface area contributed by atoms with Crippen LogP contribution >= 0.6 is 0 Å². The topological polar surface area (TPSA) is 75.8 Å². The number of nitriles is 1. The van der Waals surface area contributed by atoms with Gasteiger partial charge in [-0.1, -0.05) is 0 Å². The zero-order valence-corrected chi connectivity index (χ0v) is 8.94. The Labute approximate surface area is 88.2 Å². The smallest absolute Gasteiger partial charge is 0.152 e. The summed E-state index contributed by atoms with van der Waals surface area (Å²) in [6.07, 6.45) is 4.55. The minimum atomic E-state index is -2.92. The number of nitrogens with zero attached hydrogens (tertiary/aromatic N) is 3. The van der Waals surface area contributed by atoms with Crippen LogP contribution in [0.25, 0.3) is 0 Å². The molecule has 1 fully saturated rings. The number of hydrogen-bond donors (Lipinski definition) is 0. The molecule has 0 saturated carbocycles. The van der Waals surface area contributed by atoms with Crippen LogP contribution in [0.3, 0.4) is 0 Å². The first kappa shape index (κ1) is 10.2. The molecule has 1 aliphatic heterocycles. The fraction of sp³-hybridized carbons (Fsp3) is 0.556. The molecular weight excluding hydrogens is 214 g/mol. The Morgan fingerprint density at radius 3 is 3.00 bits per heavy atom. The quantitative estimate of drug-likeness (QED) is 0.697. The Kier molecular flexibility index (Phi) is 2.49. The van der Waals surface area contributed by atoms with Gasteiger partial charge in [0.2, 0.25) is 0 Å². The summed E-state index contributed by atoms with van der Waals surface area (Å²) in [5.41, 5.74) is 0.470. The molecule has 5 nitrogen and oxygen atoms in total. The van der Waals surface area contributed by atoms with E-state index in [1.165, 1.54) is 6.20 Å². The number of aromatic nitrogens is 2. The molecule has 1 aromatic heterocycles. The fourth-order valence-electron chi connectivity index (χ4n) is 1.80. The van der Waals surface area contributed by atoms with Gasteiger partial charge in [0, 0.05) is 6.20 Å². The van der Waals surface area contributed by atoms with E-state index in [-0.39, 0.29) is 17.5 Å². The monoisotopic (exact) mass is 225 g/mol. The Bertz CT molecular complexity index is 498. The molecule has 2 rings (SSSR count). The largest absolute Gasteiger partial charge is 0.267 e. The zero-order chi connectivity index (χ0) is 10.9. The highest BCUT2D eigenvalue weighted by molar-refractivity contribution is 7.91. The molecule has 1 aliphatic rings. The van der Waals surface area contributed by atoms with Crippen molar-refractivity contribution in [2.75, 3.05) is 11.5 Å². The fourth-order valence-corrected chi connectivity index (χ4v) is 3.48. The van der Waals surface area contributed by atoms with Gasteiger partial charge in [-0.25, -0.2) is 8.42 Å². The van der Waals surface area contributed by atoms with E-state index in [1.54, 1.807) is 10.9 Å². The third kappa shape index (κ3) is 2.18. The van der Waals surface area contributed by atoms with Gasteiger partial charge >= 0.3 is 0 Å². The van der Waals surface area contributed by atoms with E-state index < -0.39 is 9.84 Å². The van der Waals surface area contributed by atoms with Gasteiger partial charge in [0.15, 0.2) is 9.84 Å². The van der Waals surface area contributed by atoms with E-state index >= 15 is 0 Å². The van der Waals surface area contributed by atoms with Crippen molar-refractivity contribution in [2.45, 2.75) is 18.9 Å². The molecule has 2 heterocycles. The van der Waals surface area contributed by atoms with Gasteiger partial charge in [-0.2, -0.15) is 10.4 Å². The Balaban J connectivity index is 2.21. The van der Waals surface area contributed by atoms with Crippen LogP contribution in [-0.2, 0) is 9.84 Å². The van der Waals surface area contributed by atoms with Crippen LogP contribution in [0.15, 0.2) is 12.4 Å². The highest BCUT2D eigenvalue weighted by Gasteiger charge is 2.26. The average Bonchev–Trinajstić information content (AvgIpc) is 2.64. The first-order valence-electron chi connectivity index (χ1n) is 4.75. The Hall–Kier alpha value is -1.35. The average molecular weight is 225 g/mol. The van der Waals surface area contributed by atoms with Gasteiger partial charge in [-0.3, -0.25) is 4.68 Å². The SMILES string of the molecule is N#Cc1cnn(C2CCCS(=O)(=O)C2)c1. The molecule has 0 N–H and O–H groups in total. The van der Waals surface area contributed by atoms with Gasteiger partial charge < -0.3 is 0 Å². The predicted molar refractivity (Wildman–Crippen MR) is 53.9 cm³/mol. The third-order valence-corrected chi connectivity index (χ3v) is 4.35. The molecule has 1 atom stereocenters. The number of sulfone groups is 1. The summed E-state index contributed by atoms with van der Waals surface area (Å²) in [4.78, 5) is 0. The summed E-state index contributed by atoms with van der Waals surface area (Å²) in [6, 6.07) is 1.87. The molecule has 0 spiro atoms. The van der Waals surface area contributed by atoms with Gasteiger partial charge in [-0.05, 0) is 12.8 Å². The first-order chi connectivity index (χ1) is 7.11. The number of rotatable bonds is 1. The Morgan fingerprint density at radius 1 is 1.60 bits per heavy atom. The second kappa shape index (κ2) is 3.66. The van der Waals surface area contributed by atoms with E-state index in [4.69, 9.17) is 5.26 Å². The van der Waals surface area contributed by atoms with Gasteiger partial charge in [0.25, 0.3) is 0 Å². The lowest BCUT2D eigenvalue weighted by Crippen LogP contribution is -2.27. The molecule has 1 aromatic rings. The van der Waals surface area contributed by atoms with Crippen molar-refractivity contribution in [1.82, 2.24) is 9.78 Å². The maximum atomic E-state index is 11.4. The molecule has 0 amide bonds. The van der Waals surface area contributed by atoms with Crippen LogP contribution in [0.2, 0.25) is 0 Å². The van der Waals surface area contributed by atoms with E-state index in [2.05, 4.69) is 5.10 Å². The van der Waals surface area contributed by atoms with E-state index in [0.717, 1.165) is 6.42 Å². The lowest BCUT2D eigenvalue weighted by atomic mass is 10.2. The lowest BCUT2D eigenvalue weighted by Gasteiger charge is -2.21. The zero-order valence-electron chi connectivity index (χ0n) is 8.13. The summed E-state index contributed by atoms with van der Waals surface area (Å²) in [6.45, 7) is 0. The molecule has 0 aromatic carbocycles. The second-order valence-electron chi connectivity index (χ2n) is 3.73. The molecule has 0 bridgehead atoms. The van der Waals surface area contributed by atoms with Crippen LogP contribution in [0, 0.1) is 11.3 Å². The maximum absolute atomic E-state index is 11.4. The van der Waals surface area contributed by atoms with Gasteiger partial charge in [0.1, 0.15) is 6.07 Å². The van der Waals surface area contributed by atoms with Crippen molar-refractivity contribution in [3.05, 3.63) is 18.0 Å². The standard InChI is InChI=1S/C9H11N3O2S/c10-4-8-5-11-12(6-8)9-2-1-3-15(13,14)7-9/h5-6,9H,1-3,7H2. The summed E-state index contributed by atoms with van der Waals surface area (Å²) < 4.78 is 24.4. The van der Waals surface area contributed by atoms with Crippen molar-refractivity contribution >= 4 is 9.84 Å². The lowest BCUT2D eigenvalue weighted by molar-refractivity contribution is 0.435. The van der Waals surface area contributed by atoms with Crippen LogP contribution in [0.1, 0.15) is 24.4 Å². The predicted octanol–water partition coefficient (Wildman–Crippen LogP) is 0.504. The molecule has 0 radical (unpaired) electrons. The first-order valence-corrected chi connectivity index (χ1v) is 6.57. The minimum Gasteiger partial charge on any atom is -0.267 e. The van der Waals surface area contributed by atoms with Gasteiger partial charge in [-0.15, -0.1) is 0 Å². The van der Waals surface area contributed by atoms with Crippen molar-refractivity contribution < 1.29 is 8.42 Å². The molecule has 80 valence electrons. The second-order valence-corrected chi connectivity index (χ2v) is 5.96. The molecular formula is C9H11N3O2S. The maximum Gasteiger partial charge on any atom is 0.152 e. The highest BCUT2D eigenvalue weighted by Crippen LogP contribution is 2.22. The Morgan fingerprint density at radius 2 is 2.40 bits per heavy atom. The summed E-state index contributed by atoms with van der Waals surface area (Å²) >= 11 is 0. The summed E-state index contributed by atoms with van der Waals surface area (Å²) in [5, 5.41) is 12.6. The van der Waals surface area contributed by atoms with Crippen molar-refractivity contribution in [3.63, 3.8) is 0 Å². The van der Waals surface area contributed by atoms with Crippen LogP contribution in [0.4, 0.5) is 0 Å². The third-order valence-electron chi connectivity index (χ3n) is 2.54. The van der Waals surface area contributed by atoms with Crippen molar-refractivity contribution in [2.24, 2.45) is 0 Å². The molecule has 1 unspecified atom stereocenters. The van der Waals surface area contributed by atoms with Crippen LogP contribution < -0.4 is 0 Å². The molecule has 0 aliphatic carbocycles. The summed E-state index contributed by atoms with van der Waals surface area (Å²) in [5.74, 6) is 0.412. The normalized spacial score (nSPS) is 24.6. The van der Waals surface area contributed by atoms with Crippen LogP contribution in [0.5, 0.6) is 0 Å². The summed E-state index contributed by atoms with van der Waals surface area (Å²) in [7, 11) is -2.92. The van der Waals surface area contributed by atoms with Crippen molar-refractivity contribution in [3.8, 4) is 6.07 Å². The molecule has 6 heteroatoms. The van der Waals surface area contributed by atoms with E-state index in [0.29, 0.717) is 12.0 Å². The molecule has 15 heavy (non-hydrogen) atoms. The van der Waals surface area contributed by atoms with E-state index in [1.807, 2.05) is 6.07 Å². The van der Waals surface area contributed by atoms with Crippen LogP contribution in [-0.4, -0.2) is 29.7 Å². The van der Waals surface area contributed by atoms with Gasteiger partial charge in [0.05, 0.1) is 29.3 Å². The highest BCUT2D eigenvalue weighted by atomic mass is 32.2. The van der Waals surface area contributed by atoms with E-state index in [9.17, 15) is 8.42 Å². The molecule has 1 saturated heterocycles. The van der Waals surface area contributed by atoms with Crippen molar-refractivity contribution in [1.29, 1.82) is 5.26 Å². The number of hydrogen-bond acceptors (Lipinski definition) is 4. The minimum absolute atomic E-state index is 0.106.